The lowest BCUT2D eigenvalue weighted by atomic mass is 10.1. The fourth-order valence-corrected chi connectivity index (χ4v) is 3.85. The lowest BCUT2D eigenvalue weighted by Gasteiger charge is -2.11. The maximum atomic E-state index is 13.2. The number of hydrogen-bond donors (Lipinski definition) is 3. The van der Waals surface area contributed by atoms with Crippen LogP contribution in [0.5, 0.6) is 0 Å². The third-order valence-corrected chi connectivity index (χ3v) is 5.49. The minimum atomic E-state index is -0.448. The number of H-pyrrole nitrogens is 1. The number of amides is 2. The number of pyridine rings is 1. The van der Waals surface area contributed by atoms with Crippen molar-refractivity contribution in [1.82, 2.24) is 30.6 Å². The molecular formula is C25H22N6O2. The van der Waals surface area contributed by atoms with Gasteiger partial charge in [0.2, 0.25) is 0 Å². The van der Waals surface area contributed by atoms with Gasteiger partial charge < -0.3 is 4.98 Å². The summed E-state index contributed by atoms with van der Waals surface area (Å²) < 4.78 is 1.78. The summed E-state index contributed by atoms with van der Waals surface area (Å²) in [7, 11) is 0. The molecule has 0 atom stereocenters. The van der Waals surface area contributed by atoms with Crippen LogP contribution < -0.4 is 10.9 Å². The average Bonchev–Trinajstić information content (AvgIpc) is 3.47. The Morgan fingerprint density at radius 2 is 1.61 bits per heavy atom. The normalized spacial score (nSPS) is 11.2. The Morgan fingerprint density at radius 1 is 0.909 bits per heavy atom. The van der Waals surface area contributed by atoms with Crippen LogP contribution in [0.25, 0.3) is 33.2 Å². The molecular weight excluding hydrogens is 416 g/mol. The van der Waals surface area contributed by atoms with Gasteiger partial charge in [-0.15, -0.1) is 0 Å². The Labute approximate surface area is 189 Å². The van der Waals surface area contributed by atoms with Gasteiger partial charge in [-0.25, -0.2) is 9.67 Å². The summed E-state index contributed by atoms with van der Waals surface area (Å²) >= 11 is 0. The number of hydrazine groups is 1. The van der Waals surface area contributed by atoms with Crippen molar-refractivity contribution in [2.75, 3.05) is 0 Å². The van der Waals surface area contributed by atoms with Gasteiger partial charge in [-0.2, -0.15) is 5.10 Å². The number of rotatable bonds is 4. The second-order valence-electron chi connectivity index (χ2n) is 8.00. The summed E-state index contributed by atoms with van der Waals surface area (Å²) in [4.78, 5) is 33.7. The second kappa shape index (κ2) is 8.23. The number of nitrogens with one attached hydrogen (secondary N) is 3. The van der Waals surface area contributed by atoms with E-state index < -0.39 is 11.8 Å². The first-order valence-corrected chi connectivity index (χ1v) is 10.6. The average molecular weight is 438 g/mol. The number of hydrogen-bond acceptors (Lipinski definition) is 4. The highest BCUT2D eigenvalue weighted by Crippen LogP contribution is 2.26. The molecule has 0 saturated carbocycles. The molecule has 5 aromatic rings. The van der Waals surface area contributed by atoms with Gasteiger partial charge in [0.15, 0.2) is 5.65 Å². The standard InChI is InChI=1S/C25H22N6O2/c1-15(2)31-23-19(14-27-31)18(12-22(28-23)16-8-4-3-5-9-16)24(32)29-30-25(33)20-13-26-21-11-7-6-10-17(20)21/h3-15,26H,1-2H3,(H,29,32)(H,30,33). The SMILES string of the molecule is CC(C)n1ncc2c(C(=O)NNC(=O)c3c[nH]c4ccccc34)cc(-c3ccccc3)nc21. The number of carbonyl (C=O) groups is 2. The number of benzene rings is 2. The number of aromatic nitrogens is 4. The molecule has 0 spiro atoms. The first-order chi connectivity index (χ1) is 16.0. The molecule has 0 radical (unpaired) electrons. The summed E-state index contributed by atoms with van der Waals surface area (Å²) in [6.45, 7) is 4.01. The Balaban J connectivity index is 1.48. The van der Waals surface area contributed by atoms with Crippen LogP contribution in [0.1, 0.15) is 40.6 Å². The maximum absolute atomic E-state index is 13.2. The van der Waals surface area contributed by atoms with Gasteiger partial charge in [0.25, 0.3) is 11.8 Å². The van der Waals surface area contributed by atoms with E-state index in [2.05, 4.69) is 20.9 Å². The van der Waals surface area contributed by atoms with Crippen molar-refractivity contribution >= 4 is 33.8 Å². The maximum Gasteiger partial charge on any atom is 0.271 e. The van der Waals surface area contributed by atoms with Crippen LogP contribution in [0.2, 0.25) is 0 Å². The Bertz CT molecular complexity index is 1480. The third-order valence-electron chi connectivity index (χ3n) is 5.49. The van der Waals surface area contributed by atoms with E-state index in [0.717, 1.165) is 16.5 Å². The van der Waals surface area contributed by atoms with Crippen LogP contribution >= 0.6 is 0 Å². The van der Waals surface area contributed by atoms with Crippen molar-refractivity contribution in [3.05, 3.63) is 84.2 Å². The van der Waals surface area contributed by atoms with Gasteiger partial charge >= 0.3 is 0 Å². The molecule has 0 fully saturated rings. The number of fused-ring (bicyclic) bond motifs is 2. The molecule has 0 aliphatic heterocycles. The van der Waals surface area contributed by atoms with E-state index in [4.69, 9.17) is 4.98 Å². The van der Waals surface area contributed by atoms with Crippen LogP contribution in [0.3, 0.4) is 0 Å². The molecule has 0 saturated heterocycles. The summed E-state index contributed by atoms with van der Waals surface area (Å²) in [5.74, 6) is -0.858. The molecule has 0 unspecified atom stereocenters. The van der Waals surface area contributed by atoms with Crippen LogP contribution in [0.15, 0.2) is 73.1 Å². The van der Waals surface area contributed by atoms with Crippen molar-refractivity contribution in [2.24, 2.45) is 0 Å². The summed E-state index contributed by atoms with van der Waals surface area (Å²) in [5, 5.41) is 5.82. The molecule has 0 aliphatic rings. The number of para-hydroxylation sites is 1. The predicted octanol–water partition coefficient (Wildman–Crippen LogP) is 4.24. The van der Waals surface area contributed by atoms with E-state index in [1.54, 1.807) is 23.1 Å². The van der Waals surface area contributed by atoms with Gasteiger partial charge in [-0.05, 0) is 26.0 Å². The minimum absolute atomic E-state index is 0.0681. The third kappa shape index (κ3) is 3.71. The monoisotopic (exact) mass is 438 g/mol. The van der Waals surface area contributed by atoms with Gasteiger partial charge in [-0.1, -0.05) is 48.5 Å². The smallest absolute Gasteiger partial charge is 0.271 e. The lowest BCUT2D eigenvalue weighted by Crippen LogP contribution is -2.41. The second-order valence-corrected chi connectivity index (χ2v) is 8.00. The van der Waals surface area contributed by atoms with E-state index in [0.29, 0.717) is 27.9 Å². The van der Waals surface area contributed by atoms with Crippen molar-refractivity contribution in [2.45, 2.75) is 19.9 Å². The van der Waals surface area contributed by atoms with Gasteiger partial charge in [0.05, 0.1) is 28.4 Å². The summed E-state index contributed by atoms with van der Waals surface area (Å²) in [6.07, 6.45) is 3.25. The highest BCUT2D eigenvalue weighted by molar-refractivity contribution is 6.10. The zero-order chi connectivity index (χ0) is 22.9. The van der Waals surface area contributed by atoms with E-state index in [1.165, 1.54) is 0 Å². The Kier molecular flexibility index (Phi) is 5.10. The first kappa shape index (κ1) is 20.4. The van der Waals surface area contributed by atoms with Crippen LogP contribution in [-0.2, 0) is 0 Å². The lowest BCUT2D eigenvalue weighted by molar-refractivity contribution is 0.0848. The fourth-order valence-electron chi connectivity index (χ4n) is 3.85. The molecule has 0 bridgehead atoms. The number of nitrogens with zero attached hydrogens (tertiary/aromatic N) is 3. The van der Waals surface area contributed by atoms with E-state index in [-0.39, 0.29) is 6.04 Å². The zero-order valence-corrected chi connectivity index (χ0v) is 18.2. The minimum Gasteiger partial charge on any atom is -0.360 e. The van der Waals surface area contributed by atoms with Crippen molar-refractivity contribution in [1.29, 1.82) is 0 Å². The molecule has 33 heavy (non-hydrogen) atoms. The molecule has 3 N–H and O–H groups in total. The number of carbonyl (C=O) groups excluding carboxylic acids is 2. The molecule has 5 rings (SSSR count). The number of aromatic amines is 1. The molecule has 8 nitrogen and oxygen atoms in total. The zero-order valence-electron chi connectivity index (χ0n) is 18.2. The quantitative estimate of drug-likeness (QED) is 0.365. The molecule has 2 aromatic carbocycles. The van der Waals surface area contributed by atoms with Crippen LogP contribution in [0, 0.1) is 0 Å². The molecule has 2 amide bonds. The molecule has 3 heterocycles. The Morgan fingerprint density at radius 3 is 2.36 bits per heavy atom. The molecule has 0 aliphatic carbocycles. The predicted molar refractivity (Wildman–Crippen MR) is 127 cm³/mol. The van der Waals surface area contributed by atoms with E-state index in [1.807, 2.05) is 68.4 Å². The first-order valence-electron chi connectivity index (χ1n) is 10.6. The highest BCUT2D eigenvalue weighted by Gasteiger charge is 2.20. The summed E-state index contributed by atoms with van der Waals surface area (Å²) in [6, 6.07) is 18.9. The van der Waals surface area contributed by atoms with Gasteiger partial charge in [0, 0.05) is 28.7 Å². The Hall–Kier alpha value is -4.46. The van der Waals surface area contributed by atoms with Crippen molar-refractivity contribution in [3.63, 3.8) is 0 Å². The largest absolute Gasteiger partial charge is 0.360 e. The molecule has 8 heteroatoms. The molecule has 164 valence electrons. The topological polar surface area (TPSA) is 105 Å². The van der Waals surface area contributed by atoms with Crippen LogP contribution in [-0.4, -0.2) is 31.6 Å². The highest BCUT2D eigenvalue weighted by atomic mass is 16.2. The van der Waals surface area contributed by atoms with Gasteiger partial charge in [-0.3, -0.25) is 20.4 Å². The molecule has 3 aromatic heterocycles. The fraction of sp³-hybridized carbons (Fsp3) is 0.120. The van der Waals surface area contributed by atoms with Crippen molar-refractivity contribution < 1.29 is 9.59 Å². The van der Waals surface area contributed by atoms with E-state index >= 15 is 0 Å². The summed E-state index contributed by atoms with van der Waals surface area (Å²) in [5.41, 5.74) is 8.88. The van der Waals surface area contributed by atoms with Gasteiger partial charge in [0.1, 0.15) is 0 Å². The van der Waals surface area contributed by atoms with E-state index in [9.17, 15) is 9.59 Å². The van der Waals surface area contributed by atoms with Crippen LogP contribution in [0.4, 0.5) is 0 Å². The van der Waals surface area contributed by atoms with Crippen molar-refractivity contribution in [3.8, 4) is 11.3 Å².